The van der Waals surface area contributed by atoms with Crippen LogP contribution in [0.2, 0.25) is 10.0 Å². The highest BCUT2D eigenvalue weighted by molar-refractivity contribution is 6.33. The highest BCUT2D eigenvalue weighted by Gasteiger charge is 2.10. The van der Waals surface area contributed by atoms with Gasteiger partial charge in [-0.15, -0.1) is 0 Å². The maximum Gasteiger partial charge on any atom is 0.257 e. The molecule has 20 heavy (non-hydrogen) atoms. The number of hydrogen-bond acceptors (Lipinski definition) is 4. The first-order valence-electron chi connectivity index (χ1n) is 5.71. The molecule has 0 fully saturated rings. The zero-order chi connectivity index (χ0) is 14.7. The molecule has 104 valence electrons. The van der Waals surface area contributed by atoms with E-state index in [2.05, 4.69) is 15.7 Å². The van der Waals surface area contributed by atoms with E-state index in [0.717, 1.165) is 5.56 Å². The van der Waals surface area contributed by atoms with Crippen molar-refractivity contribution in [2.24, 2.45) is 5.84 Å². The van der Waals surface area contributed by atoms with Gasteiger partial charge in [-0.25, -0.2) is 10.8 Å². The van der Waals surface area contributed by atoms with Gasteiger partial charge in [0.05, 0.1) is 10.6 Å². The quantitative estimate of drug-likeness (QED) is 0.600. The van der Waals surface area contributed by atoms with E-state index in [1.807, 2.05) is 13.0 Å². The molecule has 7 heteroatoms. The normalized spacial score (nSPS) is 10.2. The van der Waals surface area contributed by atoms with Crippen molar-refractivity contribution in [3.63, 3.8) is 0 Å². The average molecular weight is 311 g/mol. The van der Waals surface area contributed by atoms with E-state index in [9.17, 15) is 4.79 Å². The predicted molar refractivity (Wildman–Crippen MR) is 81.2 cm³/mol. The molecule has 1 aromatic carbocycles. The average Bonchev–Trinajstić information content (AvgIpc) is 2.42. The van der Waals surface area contributed by atoms with Crippen molar-refractivity contribution in [2.75, 3.05) is 10.7 Å². The zero-order valence-corrected chi connectivity index (χ0v) is 12.1. The van der Waals surface area contributed by atoms with Crippen LogP contribution in [0.1, 0.15) is 15.9 Å². The van der Waals surface area contributed by atoms with Crippen LogP contribution in [0.3, 0.4) is 0 Å². The van der Waals surface area contributed by atoms with Crippen LogP contribution < -0.4 is 16.6 Å². The number of pyridine rings is 1. The number of nitrogens with zero attached hydrogens (tertiary/aromatic N) is 1. The number of anilines is 2. The van der Waals surface area contributed by atoms with Crippen molar-refractivity contribution >= 4 is 40.6 Å². The molecule has 0 atom stereocenters. The largest absolute Gasteiger partial charge is 0.322 e. The number of hydrogen-bond donors (Lipinski definition) is 3. The molecule has 2 rings (SSSR count). The lowest BCUT2D eigenvalue weighted by atomic mass is 10.2. The Morgan fingerprint density at radius 3 is 2.60 bits per heavy atom. The fourth-order valence-electron chi connectivity index (χ4n) is 1.54. The maximum absolute atomic E-state index is 12.1. The minimum Gasteiger partial charge on any atom is -0.322 e. The number of halogens is 2. The Bertz CT molecular complexity index is 661. The summed E-state index contributed by atoms with van der Waals surface area (Å²) in [5, 5.41) is 3.57. The summed E-state index contributed by atoms with van der Waals surface area (Å²) >= 11 is 11.9. The standard InChI is InChI=1S/C13H12Cl2N4O/c1-7-2-3-9(5-10(7)14)18-13(20)8-4-11(15)12(19-16)17-6-8/h2-6H,16H2,1H3,(H,17,19)(H,18,20). The third kappa shape index (κ3) is 3.19. The summed E-state index contributed by atoms with van der Waals surface area (Å²) in [6.45, 7) is 1.89. The minimum atomic E-state index is -0.331. The lowest BCUT2D eigenvalue weighted by Gasteiger charge is -2.08. The summed E-state index contributed by atoms with van der Waals surface area (Å²) in [6.07, 6.45) is 1.38. The molecule has 4 N–H and O–H groups in total. The first kappa shape index (κ1) is 14.6. The molecule has 0 unspecified atom stereocenters. The monoisotopic (exact) mass is 310 g/mol. The predicted octanol–water partition coefficient (Wildman–Crippen LogP) is 3.23. The molecule has 0 saturated heterocycles. The first-order valence-corrected chi connectivity index (χ1v) is 6.46. The molecule has 0 aliphatic rings. The molecule has 0 aliphatic heterocycles. The van der Waals surface area contributed by atoms with Gasteiger partial charge in [0.25, 0.3) is 5.91 Å². The van der Waals surface area contributed by atoms with E-state index in [-0.39, 0.29) is 10.9 Å². The van der Waals surface area contributed by atoms with Crippen LogP contribution in [0.4, 0.5) is 11.5 Å². The smallest absolute Gasteiger partial charge is 0.257 e. The second-order valence-electron chi connectivity index (χ2n) is 4.12. The number of rotatable bonds is 3. The Morgan fingerprint density at radius 1 is 1.25 bits per heavy atom. The molecular formula is C13H12Cl2N4O. The van der Waals surface area contributed by atoms with Crippen molar-refractivity contribution in [3.8, 4) is 0 Å². The third-order valence-corrected chi connectivity index (χ3v) is 3.37. The van der Waals surface area contributed by atoms with Crippen LogP contribution in [0, 0.1) is 6.92 Å². The van der Waals surface area contributed by atoms with Gasteiger partial charge in [-0.05, 0) is 30.7 Å². The fourth-order valence-corrected chi connectivity index (χ4v) is 1.94. The Morgan fingerprint density at radius 2 is 2.00 bits per heavy atom. The molecule has 0 saturated carbocycles. The number of benzene rings is 1. The van der Waals surface area contributed by atoms with Crippen LogP contribution in [0.5, 0.6) is 0 Å². The van der Waals surface area contributed by atoms with Crippen molar-refractivity contribution < 1.29 is 4.79 Å². The molecule has 0 spiro atoms. The zero-order valence-electron chi connectivity index (χ0n) is 10.6. The number of aromatic nitrogens is 1. The van der Waals surface area contributed by atoms with Crippen molar-refractivity contribution in [1.29, 1.82) is 0 Å². The van der Waals surface area contributed by atoms with Gasteiger partial charge in [0, 0.05) is 16.9 Å². The number of aryl methyl sites for hydroxylation is 1. The summed E-state index contributed by atoms with van der Waals surface area (Å²) < 4.78 is 0. The number of carbonyl (C=O) groups excluding carboxylic acids is 1. The lowest BCUT2D eigenvalue weighted by Crippen LogP contribution is -2.14. The van der Waals surface area contributed by atoms with E-state index in [4.69, 9.17) is 29.0 Å². The van der Waals surface area contributed by atoms with Crippen molar-refractivity contribution in [2.45, 2.75) is 6.92 Å². The first-order chi connectivity index (χ1) is 9.51. The molecule has 1 heterocycles. The van der Waals surface area contributed by atoms with Crippen LogP contribution in [0.25, 0.3) is 0 Å². The van der Waals surface area contributed by atoms with E-state index in [1.54, 1.807) is 12.1 Å². The molecular weight excluding hydrogens is 299 g/mol. The van der Waals surface area contributed by atoms with Crippen molar-refractivity contribution in [3.05, 3.63) is 51.6 Å². The Labute approximate surface area is 126 Å². The summed E-state index contributed by atoms with van der Waals surface area (Å²) in [5.74, 6) is 5.20. The number of nitrogens with two attached hydrogens (primary N) is 1. The molecule has 2 aromatic rings. The van der Waals surface area contributed by atoms with E-state index in [0.29, 0.717) is 22.1 Å². The topological polar surface area (TPSA) is 80.0 Å². The summed E-state index contributed by atoms with van der Waals surface area (Å²) in [6, 6.07) is 6.75. The molecule has 1 amide bonds. The van der Waals surface area contributed by atoms with E-state index >= 15 is 0 Å². The Balaban J connectivity index is 2.19. The maximum atomic E-state index is 12.1. The highest BCUT2D eigenvalue weighted by atomic mass is 35.5. The van der Waals surface area contributed by atoms with Crippen molar-refractivity contribution in [1.82, 2.24) is 4.98 Å². The second-order valence-corrected chi connectivity index (χ2v) is 4.93. The summed E-state index contributed by atoms with van der Waals surface area (Å²) in [5.41, 5.74) is 4.19. The number of nitrogen functional groups attached to an aromatic ring is 1. The van der Waals surface area contributed by atoms with Crippen LogP contribution >= 0.6 is 23.2 Å². The van der Waals surface area contributed by atoms with Gasteiger partial charge < -0.3 is 10.7 Å². The number of carbonyl (C=O) groups is 1. The Hall–Kier alpha value is -1.82. The van der Waals surface area contributed by atoms with E-state index < -0.39 is 0 Å². The summed E-state index contributed by atoms with van der Waals surface area (Å²) in [7, 11) is 0. The van der Waals surface area contributed by atoms with Gasteiger partial charge in [-0.1, -0.05) is 29.3 Å². The number of nitrogens with one attached hydrogen (secondary N) is 2. The van der Waals surface area contributed by atoms with Gasteiger partial charge in [-0.2, -0.15) is 0 Å². The number of hydrazine groups is 1. The number of amides is 1. The second kappa shape index (κ2) is 6.09. The van der Waals surface area contributed by atoms with Gasteiger partial charge in [0.2, 0.25) is 0 Å². The fraction of sp³-hybridized carbons (Fsp3) is 0.0769. The molecule has 0 bridgehead atoms. The lowest BCUT2D eigenvalue weighted by molar-refractivity contribution is 0.102. The highest BCUT2D eigenvalue weighted by Crippen LogP contribution is 2.22. The SMILES string of the molecule is Cc1ccc(NC(=O)c2cnc(NN)c(Cl)c2)cc1Cl. The van der Waals surface area contributed by atoms with Gasteiger partial charge in [0.15, 0.2) is 5.82 Å². The van der Waals surface area contributed by atoms with Gasteiger partial charge in [-0.3, -0.25) is 4.79 Å². The minimum absolute atomic E-state index is 0.266. The van der Waals surface area contributed by atoms with Crippen LogP contribution in [0.15, 0.2) is 30.5 Å². The van der Waals surface area contributed by atoms with Crippen LogP contribution in [-0.4, -0.2) is 10.9 Å². The van der Waals surface area contributed by atoms with E-state index in [1.165, 1.54) is 12.3 Å². The third-order valence-electron chi connectivity index (χ3n) is 2.67. The summed E-state index contributed by atoms with van der Waals surface area (Å²) in [4.78, 5) is 16.0. The van der Waals surface area contributed by atoms with Gasteiger partial charge in [0.1, 0.15) is 0 Å². The molecule has 5 nitrogen and oxygen atoms in total. The van der Waals surface area contributed by atoms with Gasteiger partial charge >= 0.3 is 0 Å². The molecule has 0 aliphatic carbocycles. The Kier molecular flexibility index (Phi) is 4.44. The molecule has 1 aromatic heterocycles. The molecule has 0 radical (unpaired) electrons. The van der Waals surface area contributed by atoms with Crippen LogP contribution in [-0.2, 0) is 0 Å².